The van der Waals surface area contributed by atoms with Gasteiger partial charge in [-0.05, 0) is 17.7 Å². The number of aromatic nitrogens is 1. The first-order chi connectivity index (χ1) is 11.2. The van der Waals surface area contributed by atoms with E-state index in [9.17, 15) is 4.79 Å². The molecular formula is C16H15ClN2O4. The molecule has 0 saturated heterocycles. The van der Waals surface area contributed by atoms with Gasteiger partial charge in [0.25, 0.3) is 5.91 Å². The third-order valence-electron chi connectivity index (χ3n) is 3.32. The van der Waals surface area contributed by atoms with Gasteiger partial charge in [-0.3, -0.25) is 4.79 Å². The molecule has 0 radical (unpaired) electrons. The number of nitrogens with zero attached hydrogens (tertiary/aromatic N) is 1. The van der Waals surface area contributed by atoms with E-state index in [0.29, 0.717) is 47.7 Å². The average Bonchev–Trinajstić information content (AvgIpc) is 2.60. The van der Waals surface area contributed by atoms with Crippen molar-refractivity contribution in [1.82, 2.24) is 10.3 Å². The highest BCUT2D eigenvalue weighted by Crippen LogP contribution is 2.38. The van der Waals surface area contributed by atoms with Crippen molar-refractivity contribution in [3.63, 3.8) is 0 Å². The van der Waals surface area contributed by atoms with Crippen LogP contribution in [-0.2, 0) is 6.54 Å². The van der Waals surface area contributed by atoms with Crippen molar-refractivity contribution in [1.29, 1.82) is 0 Å². The molecule has 0 fully saturated rings. The number of rotatable bonds is 4. The summed E-state index contributed by atoms with van der Waals surface area (Å²) in [5, 5.41) is 3.17. The summed E-state index contributed by atoms with van der Waals surface area (Å²) in [6.45, 7) is 1.23. The Morgan fingerprint density at radius 1 is 1.35 bits per heavy atom. The smallest absolute Gasteiger partial charge is 0.251 e. The van der Waals surface area contributed by atoms with E-state index in [1.54, 1.807) is 31.5 Å². The molecule has 0 atom stereocenters. The predicted octanol–water partition coefficient (Wildman–Crippen LogP) is 2.44. The highest BCUT2D eigenvalue weighted by molar-refractivity contribution is 6.32. The van der Waals surface area contributed by atoms with Crippen molar-refractivity contribution < 1.29 is 19.0 Å². The van der Waals surface area contributed by atoms with Crippen molar-refractivity contribution in [2.75, 3.05) is 20.3 Å². The molecule has 2 aromatic rings. The van der Waals surface area contributed by atoms with Crippen LogP contribution in [0.2, 0.25) is 5.02 Å². The minimum absolute atomic E-state index is 0.250. The molecule has 1 aliphatic rings. The maximum absolute atomic E-state index is 12.3. The zero-order valence-electron chi connectivity index (χ0n) is 12.5. The molecule has 3 rings (SSSR count). The Bertz CT molecular complexity index is 719. The van der Waals surface area contributed by atoms with Crippen molar-refractivity contribution >= 4 is 17.5 Å². The molecule has 0 unspecified atom stereocenters. The highest BCUT2D eigenvalue weighted by Gasteiger charge is 2.19. The molecule has 120 valence electrons. The quantitative estimate of drug-likeness (QED) is 0.930. The second-order valence-corrected chi connectivity index (χ2v) is 5.28. The molecule has 1 amide bonds. The first kappa shape index (κ1) is 15.4. The lowest BCUT2D eigenvalue weighted by molar-refractivity contribution is 0.0949. The van der Waals surface area contributed by atoms with Crippen LogP contribution in [0.5, 0.6) is 17.4 Å². The van der Waals surface area contributed by atoms with Gasteiger partial charge < -0.3 is 19.5 Å². The van der Waals surface area contributed by atoms with Gasteiger partial charge in [-0.1, -0.05) is 17.7 Å². The first-order valence-corrected chi connectivity index (χ1v) is 7.41. The van der Waals surface area contributed by atoms with Crippen molar-refractivity contribution in [2.24, 2.45) is 0 Å². The van der Waals surface area contributed by atoms with E-state index >= 15 is 0 Å². The molecule has 23 heavy (non-hydrogen) atoms. The zero-order valence-corrected chi connectivity index (χ0v) is 13.2. The number of methoxy groups -OCH3 is 1. The molecule has 0 aliphatic carbocycles. The van der Waals surface area contributed by atoms with Gasteiger partial charge in [-0.15, -0.1) is 0 Å². The van der Waals surface area contributed by atoms with Crippen LogP contribution in [-0.4, -0.2) is 31.2 Å². The molecule has 7 heteroatoms. The lowest BCUT2D eigenvalue weighted by Crippen LogP contribution is -2.23. The highest BCUT2D eigenvalue weighted by atomic mass is 35.5. The lowest BCUT2D eigenvalue weighted by atomic mass is 10.1. The van der Waals surface area contributed by atoms with E-state index in [4.69, 9.17) is 25.8 Å². The van der Waals surface area contributed by atoms with E-state index < -0.39 is 0 Å². The van der Waals surface area contributed by atoms with Crippen LogP contribution >= 0.6 is 11.6 Å². The molecule has 0 saturated carbocycles. The summed E-state index contributed by atoms with van der Waals surface area (Å²) >= 11 is 6.13. The van der Waals surface area contributed by atoms with Gasteiger partial charge in [-0.25, -0.2) is 4.98 Å². The maximum atomic E-state index is 12.3. The number of pyridine rings is 1. The Hall–Kier alpha value is -2.47. The second-order valence-electron chi connectivity index (χ2n) is 4.87. The minimum Gasteiger partial charge on any atom is -0.486 e. The normalized spacial score (nSPS) is 12.6. The van der Waals surface area contributed by atoms with Crippen LogP contribution < -0.4 is 19.5 Å². The van der Waals surface area contributed by atoms with Gasteiger partial charge in [0.15, 0.2) is 11.5 Å². The van der Waals surface area contributed by atoms with Gasteiger partial charge >= 0.3 is 0 Å². The third kappa shape index (κ3) is 3.48. The molecule has 1 aromatic carbocycles. The SMILES string of the molecule is COc1ccc(CNC(=O)c2cc(Cl)c3c(c2)OCCO3)cn1. The number of benzene rings is 1. The second kappa shape index (κ2) is 6.75. The van der Waals surface area contributed by atoms with Gasteiger partial charge in [0, 0.05) is 24.4 Å². The summed E-state index contributed by atoms with van der Waals surface area (Å²) in [4.78, 5) is 16.4. The largest absolute Gasteiger partial charge is 0.486 e. The lowest BCUT2D eigenvalue weighted by Gasteiger charge is -2.20. The minimum atomic E-state index is -0.250. The Kier molecular flexibility index (Phi) is 4.52. The maximum Gasteiger partial charge on any atom is 0.251 e. The van der Waals surface area contributed by atoms with Gasteiger partial charge in [0.05, 0.1) is 12.1 Å². The van der Waals surface area contributed by atoms with Gasteiger partial charge in [0.1, 0.15) is 13.2 Å². The molecular weight excluding hydrogens is 320 g/mol. The van der Waals surface area contributed by atoms with E-state index in [2.05, 4.69) is 10.3 Å². The number of nitrogens with one attached hydrogen (secondary N) is 1. The fraction of sp³-hybridized carbons (Fsp3) is 0.250. The predicted molar refractivity (Wildman–Crippen MR) is 84.4 cm³/mol. The summed E-state index contributed by atoms with van der Waals surface area (Å²) in [6.07, 6.45) is 1.65. The molecule has 2 heterocycles. The Balaban J connectivity index is 1.69. The first-order valence-electron chi connectivity index (χ1n) is 7.03. The van der Waals surface area contributed by atoms with Crippen LogP contribution in [0.4, 0.5) is 0 Å². The molecule has 1 aromatic heterocycles. The van der Waals surface area contributed by atoms with Crippen LogP contribution in [0.1, 0.15) is 15.9 Å². The number of ether oxygens (including phenoxy) is 3. The number of carbonyl (C=O) groups is 1. The number of halogens is 1. The Morgan fingerprint density at radius 3 is 2.91 bits per heavy atom. The standard InChI is InChI=1S/C16H15ClN2O4/c1-21-14-3-2-10(8-18-14)9-19-16(20)11-6-12(17)15-13(7-11)22-4-5-23-15/h2-3,6-8H,4-5,9H2,1H3,(H,19,20). The fourth-order valence-corrected chi connectivity index (χ4v) is 2.43. The van der Waals surface area contributed by atoms with E-state index in [1.165, 1.54) is 0 Å². The Labute approximate surface area is 138 Å². The summed E-state index contributed by atoms with van der Waals surface area (Å²) < 4.78 is 15.9. The van der Waals surface area contributed by atoms with Gasteiger partial charge in [0.2, 0.25) is 5.88 Å². The van der Waals surface area contributed by atoms with E-state index in [-0.39, 0.29) is 5.91 Å². The monoisotopic (exact) mass is 334 g/mol. The van der Waals surface area contributed by atoms with Crippen molar-refractivity contribution in [2.45, 2.75) is 6.54 Å². The molecule has 0 spiro atoms. The third-order valence-corrected chi connectivity index (χ3v) is 3.60. The van der Waals surface area contributed by atoms with E-state index in [1.807, 2.05) is 6.07 Å². The fourth-order valence-electron chi connectivity index (χ4n) is 2.16. The number of hydrogen-bond donors (Lipinski definition) is 1. The summed E-state index contributed by atoms with van der Waals surface area (Å²) in [5.74, 6) is 1.24. The van der Waals surface area contributed by atoms with Crippen LogP contribution in [0.25, 0.3) is 0 Å². The average molecular weight is 335 g/mol. The molecule has 1 aliphatic heterocycles. The number of fused-ring (bicyclic) bond motifs is 1. The van der Waals surface area contributed by atoms with Crippen LogP contribution in [0, 0.1) is 0 Å². The van der Waals surface area contributed by atoms with Crippen LogP contribution in [0.3, 0.4) is 0 Å². The summed E-state index contributed by atoms with van der Waals surface area (Å²) in [6, 6.07) is 6.77. The van der Waals surface area contributed by atoms with E-state index in [0.717, 1.165) is 5.56 Å². The summed E-state index contributed by atoms with van der Waals surface area (Å²) in [7, 11) is 1.55. The zero-order chi connectivity index (χ0) is 16.2. The Morgan fingerprint density at radius 2 is 2.17 bits per heavy atom. The number of carbonyl (C=O) groups excluding carboxylic acids is 1. The topological polar surface area (TPSA) is 69.7 Å². The molecule has 0 bridgehead atoms. The van der Waals surface area contributed by atoms with Gasteiger partial charge in [-0.2, -0.15) is 0 Å². The van der Waals surface area contributed by atoms with Crippen molar-refractivity contribution in [3.8, 4) is 17.4 Å². The molecule has 1 N–H and O–H groups in total. The molecule has 6 nitrogen and oxygen atoms in total. The number of amides is 1. The van der Waals surface area contributed by atoms with Crippen molar-refractivity contribution in [3.05, 3.63) is 46.6 Å². The van der Waals surface area contributed by atoms with Crippen LogP contribution in [0.15, 0.2) is 30.5 Å². The number of hydrogen-bond acceptors (Lipinski definition) is 5. The summed E-state index contributed by atoms with van der Waals surface area (Å²) in [5.41, 5.74) is 1.28.